The lowest BCUT2D eigenvalue weighted by Crippen LogP contribution is -2.41. The normalized spacial score (nSPS) is 18.2. The van der Waals surface area contributed by atoms with E-state index >= 15 is 0 Å². The molecule has 0 radical (unpaired) electrons. The molecule has 18 heavy (non-hydrogen) atoms. The third-order valence-electron chi connectivity index (χ3n) is 3.47. The van der Waals surface area contributed by atoms with Crippen LogP contribution in [0.5, 0.6) is 0 Å². The first-order chi connectivity index (χ1) is 8.57. The maximum absolute atomic E-state index is 12.0. The number of aryl methyl sites for hydroxylation is 1. The fourth-order valence-electron chi connectivity index (χ4n) is 2.22. The second-order valence-electron chi connectivity index (χ2n) is 5.04. The molecule has 3 heteroatoms. The number of benzene rings is 1. The number of nitrogens with one attached hydrogen (secondary N) is 1. The smallest absolute Gasteiger partial charge is 0.249 e. The molecule has 1 fully saturated rings. The average molecular weight is 247 g/mol. The van der Waals surface area contributed by atoms with Gasteiger partial charge in [-0.05, 0) is 39.2 Å². The molecule has 0 saturated heterocycles. The predicted molar refractivity (Wildman–Crippen MR) is 71.3 cm³/mol. The van der Waals surface area contributed by atoms with E-state index in [-0.39, 0.29) is 17.6 Å². The van der Waals surface area contributed by atoms with Gasteiger partial charge in [-0.3, -0.25) is 4.79 Å². The number of ether oxygens (including phenoxy) is 1. The Hall–Kier alpha value is -1.35. The van der Waals surface area contributed by atoms with Crippen LogP contribution in [-0.2, 0) is 15.1 Å². The Morgan fingerprint density at radius 3 is 2.78 bits per heavy atom. The van der Waals surface area contributed by atoms with Gasteiger partial charge < -0.3 is 10.1 Å². The molecule has 1 saturated carbocycles. The van der Waals surface area contributed by atoms with E-state index in [0.29, 0.717) is 6.61 Å². The topological polar surface area (TPSA) is 38.3 Å². The van der Waals surface area contributed by atoms with Crippen molar-refractivity contribution in [2.24, 2.45) is 0 Å². The van der Waals surface area contributed by atoms with Gasteiger partial charge in [0.1, 0.15) is 6.10 Å². The molecule has 0 spiro atoms. The van der Waals surface area contributed by atoms with Gasteiger partial charge in [-0.2, -0.15) is 0 Å². The average Bonchev–Trinajstić information content (AvgIpc) is 3.10. The van der Waals surface area contributed by atoms with E-state index < -0.39 is 0 Å². The zero-order valence-electron chi connectivity index (χ0n) is 11.3. The van der Waals surface area contributed by atoms with Crippen LogP contribution in [0.15, 0.2) is 24.3 Å². The molecule has 0 heterocycles. The third kappa shape index (κ3) is 2.72. The molecule has 1 atom stereocenters. The molecule has 0 bridgehead atoms. The molecule has 3 nitrogen and oxygen atoms in total. The van der Waals surface area contributed by atoms with Gasteiger partial charge >= 0.3 is 0 Å². The van der Waals surface area contributed by atoms with Crippen molar-refractivity contribution in [1.82, 2.24) is 5.32 Å². The summed E-state index contributed by atoms with van der Waals surface area (Å²) in [6, 6.07) is 8.36. The first-order valence-electron chi connectivity index (χ1n) is 6.58. The van der Waals surface area contributed by atoms with Gasteiger partial charge in [0, 0.05) is 6.61 Å². The standard InChI is InChI=1S/C15H21NO2/c1-4-18-12(3)14(17)16-15(8-9-15)13-7-5-6-11(2)10-13/h5-7,10,12H,4,8-9H2,1-3H3,(H,16,17)/t12-/m0/s1. The number of hydrogen-bond donors (Lipinski definition) is 1. The molecular weight excluding hydrogens is 226 g/mol. The summed E-state index contributed by atoms with van der Waals surface area (Å²) in [7, 11) is 0. The van der Waals surface area contributed by atoms with Gasteiger partial charge in [0.2, 0.25) is 5.91 Å². The second kappa shape index (κ2) is 5.11. The molecule has 1 aliphatic rings. The molecule has 0 unspecified atom stereocenters. The molecule has 1 amide bonds. The molecule has 1 aromatic carbocycles. The number of carbonyl (C=O) groups is 1. The Bertz CT molecular complexity index is 438. The van der Waals surface area contributed by atoms with Crippen LogP contribution in [0.1, 0.15) is 37.8 Å². The van der Waals surface area contributed by atoms with Crippen LogP contribution < -0.4 is 5.32 Å². The molecule has 98 valence electrons. The number of hydrogen-bond acceptors (Lipinski definition) is 2. The Kier molecular flexibility index (Phi) is 3.71. The first-order valence-corrected chi connectivity index (χ1v) is 6.58. The molecule has 1 N–H and O–H groups in total. The summed E-state index contributed by atoms with van der Waals surface area (Å²) in [5.74, 6) is -0.0177. The summed E-state index contributed by atoms with van der Waals surface area (Å²) in [4.78, 5) is 12.0. The molecular formula is C15H21NO2. The Balaban J connectivity index is 2.07. The SMILES string of the molecule is CCO[C@@H](C)C(=O)NC1(c2cccc(C)c2)CC1. The van der Waals surface area contributed by atoms with Crippen molar-refractivity contribution in [2.75, 3.05) is 6.61 Å². The Labute approximate surface area is 109 Å². The molecule has 1 aliphatic carbocycles. The van der Waals surface area contributed by atoms with Gasteiger partial charge in [-0.25, -0.2) is 0 Å². The van der Waals surface area contributed by atoms with E-state index in [0.717, 1.165) is 12.8 Å². The highest BCUT2D eigenvalue weighted by atomic mass is 16.5. The summed E-state index contributed by atoms with van der Waals surface area (Å²) in [5, 5.41) is 3.13. The van der Waals surface area contributed by atoms with Crippen LogP contribution in [0, 0.1) is 6.92 Å². The largest absolute Gasteiger partial charge is 0.369 e. The van der Waals surface area contributed by atoms with Crippen LogP contribution in [0.25, 0.3) is 0 Å². The Morgan fingerprint density at radius 1 is 1.50 bits per heavy atom. The van der Waals surface area contributed by atoms with E-state index in [1.807, 2.05) is 13.0 Å². The highest BCUT2D eigenvalue weighted by Crippen LogP contribution is 2.45. The first kappa shape index (κ1) is 13.1. The number of rotatable bonds is 5. The third-order valence-corrected chi connectivity index (χ3v) is 3.47. The minimum atomic E-state index is -0.378. The zero-order valence-corrected chi connectivity index (χ0v) is 11.3. The summed E-state index contributed by atoms with van der Waals surface area (Å²) < 4.78 is 5.32. The van der Waals surface area contributed by atoms with Crippen molar-refractivity contribution in [3.8, 4) is 0 Å². The van der Waals surface area contributed by atoms with E-state index in [4.69, 9.17) is 4.74 Å². The Morgan fingerprint density at radius 2 is 2.22 bits per heavy atom. The van der Waals surface area contributed by atoms with Crippen molar-refractivity contribution < 1.29 is 9.53 Å². The van der Waals surface area contributed by atoms with Crippen LogP contribution in [-0.4, -0.2) is 18.6 Å². The van der Waals surface area contributed by atoms with Crippen molar-refractivity contribution in [3.63, 3.8) is 0 Å². The van der Waals surface area contributed by atoms with Crippen LogP contribution in [0.3, 0.4) is 0 Å². The summed E-state index contributed by atoms with van der Waals surface area (Å²) in [5.41, 5.74) is 2.29. The van der Waals surface area contributed by atoms with E-state index in [9.17, 15) is 4.79 Å². The summed E-state index contributed by atoms with van der Waals surface area (Å²) in [6.07, 6.45) is 1.65. The number of carbonyl (C=O) groups excluding carboxylic acids is 1. The van der Waals surface area contributed by atoms with Gasteiger partial charge in [0.15, 0.2) is 0 Å². The lowest BCUT2D eigenvalue weighted by molar-refractivity contribution is -0.132. The van der Waals surface area contributed by atoms with Crippen molar-refractivity contribution in [2.45, 2.75) is 45.3 Å². The maximum Gasteiger partial charge on any atom is 0.249 e. The fraction of sp³-hybridized carbons (Fsp3) is 0.533. The lowest BCUT2D eigenvalue weighted by atomic mass is 10.0. The molecule has 0 aliphatic heterocycles. The summed E-state index contributed by atoms with van der Waals surface area (Å²) in [6.45, 7) is 6.33. The molecule has 0 aromatic heterocycles. The second-order valence-corrected chi connectivity index (χ2v) is 5.04. The number of amides is 1. The van der Waals surface area contributed by atoms with Gasteiger partial charge in [-0.1, -0.05) is 29.8 Å². The van der Waals surface area contributed by atoms with Crippen molar-refractivity contribution >= 4 is 5.91 Å². The van der Waals surface area contributed by atoms with Crippen LogP contribution >= 0.6 is 0 Å². The van der Waals surface area contributed by atoms with E-state index in [1.54, 1.807) is 6.92 Å². The van der Waals surface area contributed by atoms with Gasteiger partial charge in [0.25, 0.3) is 0 Å². The van der Waals surface area contributed by atoms with E-state index in [1.165, 1.54) is 11.1 Å². The van der Waals surface area contributed by atoms with E-state index in [2.05, 4.69) is 30.4 Å². The van der Waals surface area contributed by atoms with Gasteiger partial charge in [-0.15, -0.1) is 0 Å². The quantitative estimate of drug-likeness (QED) is 0.868. The zero-order chi connectivity index (χ0) is 13.2. The fourth-order valence-corrected chi connectivity index (χ4v) is 2.22. The van der Waals surface area contributed by atoms with Crippen LogP contribution in [0.4, 0.5) is 0 Å². The maximum atomic E-state index is 12.0. The highest BCUT2D eigenvalue weighted by Gasteiger charge is 2.46. The highest BCUT2D eigenvalue weighted by molar-refractivity contribution is 5.81. The van der Waals surface area contributed by atoms with Crippen molar-refractivity contribution in [1.29, 1.82) is 0 Å². The monoisotopic (exact) mass is 247 g/mol. The van der Waals surface area contributed by atoms with Crippen LogP contribution in [0.2, 0.25) is 0 Å². The predicted octanol–water partition coefficient (Wildman–Crippen LogP) is 2.53. The van der Waals surface area contributed by atoms with Crippen molar-refractivity contribution in [3.05, 3.63) is 35.4 Å². The molecule has 2 rings (SSSR count). The minimum absolute atomic E-state index is 0.0177. The molecule has 1 aromatic rings. The van der Waals surface area contributed by atoms with Gasteiger partial charge in [0.05, 0.1) is 5.54 Å². The minimum Gasteiger partial charge on any atom is -0.369 e. The summed E-state index contributed by atoms with van der Waals surface area (Å²) >= 11 is 0. The lowest BCUT2D eigenvalue weighted by Gasteiger charge is -2.21.